The van der Waals surface area contributed by atoms with Crippen molar-refractivity contribution in [3.63, 3.8) is 0 Å². The molecule has 0 spiro atoms. The molecule has 2 saturated heterocycles. The van der Waals surface area contributed by atoms with Crippen molar-refractivity contribution in [1.82, 2.24) is 42.1 Å². The Kier molecular flexibility index (Phi) is 22.5. The lowest BCUT2D eigenvalue weighted by Crippen LogP contribution is -2.61. The number of primary amides is 3. The van der Waals surface area contributed by atoms with Gasteiger partial charge in [-0.15, -0.1) is 0 Å². The highest BCUT2D eigenvalue weighted by molar-refractivity contribution is 7.99. The summed E-state index contributed by atoms with van der Waals surface area (Å²) in [5, 5.41) is 18.0. The van der Waals surface area contributed by atoms with Crippen LogP contribution in [0, 0.1) is 11.8 Å². The van der Waals surface area contributed by atoms with Gasteiger partial charge in [-0.2, -0.15) is 11.8 Å². The fourth-order valence-corrected chi connectivity index (χ4v) is 8.57. The van der Waals surface area contributed by atoms with Gasteiger partial charge in [0.1, 0.15) is 48.0 Å². The predicted octanol–water partition coefficient (Wildman–Crippen LogP) is -2.50. The van der Waals surface area contributed by atoms with Crippen LogP contribution < -0.4 is 59.2 Å². The quantitative estimate of drug-likeness (QED) is 0.0728. The second-order valence-electron chi connectivity index (χ2n) is 17.4. The van der Waals surface area contributed by atoms with E-state index in [1.165, 1.54) is 25.9 Å². The molecule has 1 aromatic carbocycles. The molecule has 0 aliphatic carbocycles. The Morgan fingerprint density at radius 1 is 0.841 bits per heavy atom. The van der Waals surface area contributed by atoms with Gasteiger partial charge in [0, 0.05) is 32.9 Å². The number of carbonyl (C=O) groups excluding carboxylic acids is 11. The van der Waals surface area contributed by atoms with Crippen LogP contribution in [0.15, 0.2) is 24.3 Å². The Bertz CT molecular complexity index is 2070. The Hall–Kier alpha value is -6.46. The summed E-state index contributed by atoms with van der Waals surface area (Å²) < 4.78 is 13.6. The first-order chi connectivity index (χ1) is 32.9. The fourth-order valence-electron chi connectivity index (χ4n) is 7.60. The molecule has 0 radical (unpaired) electrons. The second-order valence-corrected chi connectivity index (χ2v) is 18.6. The molecule has 0 saturated carbocycles. The summed E-state index contributed by atoms with van der Waals surface area (Å²) in [6.45, 7) is 6.00. The number of nitrogens with two attached hydrogens (primary N) is 3. The molecular formula is C45H69N11O12S. The van der Waals surface area contributed by atoms with Crippen LogP contribution in [0.3, 0.4) is 0 Å². The molecule has 3 rings (SSSR count). The Morgan fingerprint density at radius 2 is 1.49 bits per heavy atom. The summed E-state index contributed by atoms with van der Waals surface area (Å²) in [5.41, 5.74) is 16.8. The number of methoxy groups -OCH3 is 1. The smallest absolute Gasteiger partial charge is 0.246 e. The minimum atomic E-state index is -1.73. The van der Waals surface area contributed by atoms with Crippen LogP contribution in [-0.2, 0) is 59.2 Å². The van der Waals surface area contributed by atoms with E-state index in [1.807, 2.05) is 0 Å². The molecule has 13 N–H and O–H groups in total. The zero-order valence-corrected chi connectivity index (χ0v) is 40.6. The second kappa shape index (κ2) is 28.1. The molecule has 8 atom stereocenters. The van der Waals surface area contributed by atoms with Gasteiger partial charge in [0.2, 0.25) is 65.0 Å². The summed E-state index contributed by atoms with van der Waals surface area (Å²) in [4.78, 5) is 148. The maximum atomic E-state index is 14.5. The average molecular weight is 989 g/mol. The summed E-state index contributed by atoms with van der Waals surface area (Å²) in [6.07, 6.45) is -0.728. The topological polar surface area (TPSA) is 363 Å². The van der Waals surface area contributed by atoms with Gasteiger partial charge >= 0.3 is 0 Å². The van der Waals surface area contributed by atoms with Crippen LogP contribution in [0.5, 0.6) is 5.75 Å². The summed E-state index contributed by atoms with van der Waals surface area (Å²) in [7, 11) is 1.50. The molecule has 0 aromatic heterocycles. The first-order valence-corrected chi connectivity index (χ1v) is 24.0. The van der Waals surface area contributed by atoms with Crippen LogP contribution in [0.1, 0.15) is 92.4 Å². The lowest BCUT2D eigenvalue weighted by molar-refractivity contribution is -0.142. The normalized spacial score (nSPS) is 23.5. The van der Waals surface area contributed by atoms with Crippen molar-refractivity contribution in [3.05, 3.63) is 29.8 Å². The lowest BCUT2D eigenvalue weighted by Gasteiger charge is -2.31. The van der Waals surface area contributed by atoms with Crippen molar-refractivity contribution < 1.29 is 58.8 Å². The van der Waals surface area contributed by atoms with Gasteiger partial charge in [0.25, 0.3) is 0 Å². The number of hydrogen-bond donors (Lipinski definition) is 10. The van der Waals surface area contributed by atoms with Gasteiger partial charge < -0.3 is 64.1 Å². The molecule has 24 heteroatoms. The highest BCUT2D eigenvalue weighted by atomic mass is 32.2. The van der Waals surface area contributed by atoms with Crippen molar-refractivity contribution in [3.8, 4) is 5.75 Å². The number of carbonyl (C=O) groups is 11. The van der Waals surface area contributed by atoms with E-state index in [4.69, 9.17) is 23.3 Å². The molecule has 23 nitrogen and oxygen atoms in total. The molecule has 1 aromatic rings. The van der Waals surface area contributed by atoms with E-state index in [2.05, 4.69) is 37.2 Å². The molecule has 2 heterocycles. The number of nitrogens with zero attached hydrogens (tertiary/aromatic N) is 1. The van der Waals surface area contributed by atoms with Crippen molar-refractivity contribution in [1.29, 1.82) is 0 Å². The fraction of sp³-hybridized carbons (Fsp3) is 0.622. The number of thioether (sulfide) groups is 1. The first-order valence-electron chi connectivity index (χ1n) is 23.4. The number of ether oxygens (including phenoxy) is 1. The molecule has 2 aliphatic heterocycles. The van der Waals surface area contributed by atoms with Crippen LogP contribution in [-0.4, -0.2) is 144 Å². The molecule has 2 fully saturated rings. The molecule has 382 valence electrons. The Labute approximate surface area is 407 Å². The summed E-state index contributed by atoms with van der Waals surface area (Å²) in [5.74, 6) is -10.2. The van der Waals surface area contributed by atoms with Crippen molar-refractivity contribution in [2.24, 2.45) is 29.0 Å². The zero-order chi connectivity index (χ0) is 52.3. The maximum absolute atomic E-state index is 14.5. The third-order valence-electron chi connectivity index (χ3n) is 11.5. The van der Waals surface area contributed by atoms with E-state index >= 15 is 0 Å². The largest absolute Gasteiger partial charge is 0.497 e. The number of hydrogen-bond acceptors (Lipinski definition) is 13. The maximum Gasteiger partial charge on any atom is 0.246 e. The average Bonchev–Trinajstić information content (AvgIpc) is 3.79. The standard InChI is InChI=1S/C45H69N11O12S/c1-6-25(4)38-44(66)51-28(15-16-34(46)57)40(62)52-31(21-35(47)58)41(63)54-32(23-69-18-8-10-37(60)50-30(42(64)55-38)20-26-11-13-27(68-5)14-12-26)45(67)56-17-7-9-33(56)43(65)53-29(19-24(2)3)39(61)49-22-36(48)59/h11-14,24-25,28-33,38H,6-10,15-23H2,1-5H3,(H2,46,57)(H2,47,58)(H2,48,59)(H,49,61)(H,50,60)(H,51,66)(H,52,62)(H,53,65)(H,54,63)(H,55,64)/t25-,28-,29+,30-,31-,32-,33-,38-/m0/s1/i24D. The predicted molar refractivity (Wildman–Crippen MR) is 253 cm³/mol. The number of benzene rings is 1. The van der Waals surface area contributed by atoms with Gasteiger partial charge in [-0.25, -0.2) is 0 Å². The molecule has 69 heavy (non-hydrogen) atoms. The number of nitrogens with one attached hydrogen (secondary N) is 7. The zero-order valence-electron chi connectivity index (χ0n) is 40.8. The minimum Gasteiger partial charge on any atom is -0.497 e. The highest BCUT2D eigenvalue weighted by Gasteiger charge is 2.40. The summed E-state index contributed by atoms with van der Waals surface area (Å²) >= 11 is 1.16. The number of rotatable bonds is 18. The van der Waals surface area contributed by atoms with Crippen molar-refractivity contribution in [2.75, 3.05) is 31.7 Å². The molecule has 0 bridgehead atoms. The third kappa shape index (κ3) is 18.9. The summed E-state index contributed by atoms with van der Waals surface area (Å²) in [6, 6.07) is -2.81. The first kappa shape index (κ1) is 55.1. The minimum absolute atomic E-state index is 0.0143. The third-order valence-corrected chi connectivity index (χ3v) is 12.7. The lowest BCUT2D eigenvalue weighted by atomic mass is 9.96. The highest BCUT2D eigenvalue weighted by Crippen LogP contribution is 2.22. The molecule has 11 amide bonds. The van der Waals surface area contributed by atoms with Crippen LogP contribution in [0.25, 0.3) is 0 Å². The Balaban J connectivity index is 2.03. The van der Waals surface area contributed by atoms with Crippen molar-refractivity contribution in [2.45, 2.75) is 134 Å². The van der Waals surface area contributed by atoms with Crippen molar-refractivity contribution >= 4 is 76.7 Å². The van der Waals surface area contributed by atoms with E-state index in [9.17, 15) is 52.7 Å². The van der Waals surface area contributed by atoms with E-state index in [0.717, 1.165) is 11.8 Å². The van der Waals surface area contributed by atoms with Gasteiger partial charge in [0.15, 0.2) is 0 Å². The van der Waals surface area contributed by atoms with Crippen LogP contribution in [0.4, 0.5) is 0 Å². The number of likely N-dealkylation sites (tertiary alicyclic amines) is 1. The molecule has 0 unspecified atom stereocenters. The van der Waals surface area contributed by atoms with E-state index in [-0.39, 0.29) is 56.6 Å². The number of amides is 11. The van der Waals surface area contributed by atoms with Crippen LogP contribution in [0.2, 0.25) is 0 Å². The van der Waals surface area contributed by atoms with E-state index < -0.39 is 138 Å². The van der Waals surface area contributed by atoms with Gasteiger partial charge in [-0.05, 0) is 67.4 Å². The molecular weight excluding hydrogens is 919 g/mol. The SMILES string of the molecule is [2H]C(C)(C)C[C@@H](NC(=O)[C@@H]1CCCN1C(=O)[C@@H]1CSCCCC(=O)N[C@@H](Cc2ccc(OC)cc2)C(=O)N[C@@H]([C@@H](C)CC)C(=O)N[C@@H](CCC(N)=O)C(=O)N[C@@H](CC(N)=O)C(=O)N1)C(=O)NCC(N)=O. The Morgan fingerprint density at radius 3 is 2.10 bits per heavy atom. The molecule has 2 aliphatic rings. The van der Waals surface area contributed by atoms with E-state index in [1.54, 1.807) is 38.1 Å². The monoisotopic (exact) mass is 988 g/mol. The van der Waals surface area contributed by atoms with Gasteiger partial charge in [-0.1, -0.05) is 46.2 Å². The van der Waals surface area contributed by atoms with Gasteiger partial charge in [-0.3, -0.25) is 52.7 Å². The van der Waals surface area contributed by atoms with Gasteiger partial charge in [0.05, 0.1) is 20.1 Å². The van der Waals surface area contributed by atoms with Crippen LogP contribution >= 0.6 is 11.8 Å². The van der Waals surface area contributed by atoms with E-state index in [0.29, 0.717) is 24.2 Å².